The summed E-state index contributed by atoms with van der Waals surface area (Å²) in [5.41, 5.74) is 1.31. The predicted octanol–water partition coefficient (Wildman–Crippen LogP) is 5.69. The molecule has 3 heteroatoms. The van der Waals surface area contributed by atoms with Gasteiger partial charge in [-0.05, 0) is 42.8 Å². The van der Waals surface area contributed by atoms with Gasteiger partial charge in [0.15, 0.2) is 0 Å². The number of benzene rings is 2. The van der Waals surface area contributed by atoms with Crippen LogP contribution in [0.1, 0.15) is 45.4 Å². The topological polar surface area (TPSA) is 21.7 Å². The Hall–Kier alpha value is -2.16. The van der Waals surface area contributed by atoms with Crippen LogP contribution in [-0.2, 0) is 0 Å². The molecular weight excluding hydrogens is 322 g/mol. The largest absolute Gasteiger partial charge is 0.494 e. The minimum absolute atomic E-state index is 0.302. The number of rotatable bonds is 9. The van der Waals surface area contributed by atoms with Crippen LogP contribution in [0.5, 0.6) is 11.5 Å². The van der Waals surface area contributed by atoms with Crippen LogP contribution in [0.25, 0.3) is 0 Å². The minimum atomic E-state index is 0.302. The molecule has 0 bridgehead atoms. The Kier molecular flexibility index (Phi) is 7.24. The fraction of sp³-hybridized carbons (Fsp3) is 0.478. The summed E-state index contributed by atoms with van der Waals surface area (Å²) in [5.74, 6) is 1.88. The fourth-order valence-corrected chi connectivity index (χ4v) is 3.40. The highest BCUT2D eigenvalue weighted by molar-refractivity contribution is 5.46. The van der Waals surface area contributed by atoms with Crippen LogP contribution in [0.4, 0.5) is 5.69 Å². The standard InChI is InChI=1S/C23H31NO2/c1-2-3-4-8-19-25-21-11-13-22(14-12-21)26-23-15-17-24(18-16-23)20-9-6-5-7-10-20/h5-7,9-14,23H,2-4,8,15-19H2,1H3. The van der Waals surface area contributed by atoms with Gasteiger partial charge in [0, 0.05) is 31.6 Å². The Labute approximate surface area is 157 Å². The Morgan fingerprint density at radius 1 is 0.846 bits per heavy atom. The Balaban J connectivity index is 1.39. The SMILES string of the molecule is CCCCCCOc1ccc(OC2CCN(c3ccccc3)CC2)cc1. The summed E-state index contributed by atoms with van der Waals surface area (Å²) >= 11 is 0. The van der Waals surface area contributed by atoms with E-state index in [1.807, 2.05) is 24.3 Å². The molecule has 0 N–H and O–H groups in total. The average Bonchev–Trinajstić information content (AvgIpc) is 2.70. The number of piperidine rings is 1. The maximum Gasteiger partial charge on any atom is 0.119 e. The van der Waals surface area contributed by atoms with Crippen molar-refractivity contribution in [1.29, 1.82) is 0 Å². The van der Waals surface area contributed by atoms with Gasteiger partial charge < -0.3 is 14.4 Å². The minimum Gasteiger partial charge on any atom is -0.494 e. The van der Waals surface area contributed by atoms with E-state index >= 15 is 0 Å². The quantitative estimate of drug-likeness (QED) is 0.540. The highest BCUT2D eigenvalue weighted by Crippen LogP contribution is 2.24. The van der Waals surface area contributed by atoms with E-state index in [4.69, 9.17) is 9.47 Å². The third-order valence-electron chi connectivity index (χ3n) is 4.96. The second-order valence-corrected chi connectivity index (χ2v) is 7.02. The summed E-state index contributed by atoms with van der Waals surface area (Å²) in [6.45, 7) is 5.13. The zero-order valence-corrected chi connectivity index (χ0v) is 15.9. The monoisotopic (exact) mass is 353 g/mol. The number of unbranched alkanes of at least 4 members (excludes halogenated alkanes) is 3. The number of ether oxygens (including phenoxy) is 2. The van der Waals surface area contributed by atoms with Crippen molar-refractivity contribution < 1.29 is 9.47 Å². The number of para-hydroxylation sites is 1. The lowest BCUT2D eigenvalue weighted by Crippen LogP contribution is -2.38. The van der Waals surface area contributed by atoms with Gasteiger partial charge in [-0.25, -0.2) is 0 Å². The maximum absolute atomic E-state index is 6.17. The first kappa shape index (κ1) is 18.6. The molecule has 0 atom stereocenters. The van der Waals surface area contributed by atoms with Crippen molar-refractivity contribution in [1.82, 2.24) is 0 Å². The summed E-state index contributed by atoms with van der Waals surface area (Å²) in [6, 6.07) is 18.7. The fourth-order valence-electron chi connectivity index (χ4n) is 3.40. The van der Waals surface area contributed by atoms with Gasteiger partial charge in [-0.3, -0.25) is 0 Å². The van der Waals surface area contributed by atoms with E-state index in [9.17, 15) is 0 Å². The smallest absolute Gasteiger partial charge is 0.119 e. The molecule has 0 aromatic heterocycles. The molecular formula is C23H31NO2. The van der Waals surface area contributed by atoms with Crippen molar-refractivity contribution in [3.8, 4) is 11.5 Å². The Morgan fingerprint density at radius 3 is 2.23 bits per heavy atom. The van der Waals surface area contributed by atoms with Gasteiger partial charge in [0.05, 0.1) is 6.61 Å². The molecule has 2 aromatic rings. The molecule has 3 nitrogen and oxygen atoms in total. The first-order valence-electron chi connectivity index (χ1n) is 10.0. The van der Waals surface area contributed by atoms with E-state index in [0.29, 0.717) is 6.10 Å². The number of hydrogen-bond acceptors (Lipinski definition) is 3. The zero-order valence-electron chi connectivity index (χ0n) is 15.9. The summed E-state index contributed by atoms with van der Waals surface area (Å²) in [4.78, 5) is 2.44. The maximum atomic E-state index is 6.17. The van der Waals surface area contributed by atoms with E-state index < -0.39 is 0 Å². The van der Waals surface area contributed by atoms with Crippen LogP contribution in [0, 0.1) is 0 Å². The van der Waals surface area contributed by atoms with Crippen LogP contribution in [0.3, 0.4) is 0 Å². The first-order chi connectivity index (χ1) is 12.8. The van der Waals surface area contributed by atoms with Crippen molar-refractivity contribution in [2.45, 2.75) is 51.6 Å². The van der Waals surface area contributed by atoms with Gasteiger partial charge >= 0.3 is 0 Å². The molecule has 1 saturated heterocycles. The van der Waals surface area contributed by atoms with Crippen LogP contribution in [0.2, 0.25) is 0 Å². The molecule has 1 aliphatic heterocycles. The van der Waals surface area contributed by atoms with E-state index in [-0.39, 0.29) is 0 Å². The average molecular weight is 354 g/mol. The van der Waals surface area contributed by atoms with Crippen molar-refractivity contribution in [3.05, 3.63) is 54.6 Å². The van der Waals surface area contributed by atoms with Crippen molar-refractivity contribution >= 4 is 5.69 Å². The molecule has 0 aliphatic carbocycles. The van der Waals surface area contributed by atoms with Gasteiger partial charge in [-0.1, -0.05) is 44.4 Å². The number of hydrogen-bond donors (Lipinski definition) is 0. The van der Waals surface area contributed by atoms with E-state index in [2.05, 4.69) is 42.2 Å². The lowest BCUT2D eigenvalue weighted by atomic mass is 10.1. The van der Waals surface area contributed by atoms with Crippen LogP contribution in [0.15, 0.2) is 54.6 Å². The molecule has 0 unspecified atom stereocenters. The third-order valence-corrected chi connectivity index (χ3v) is 4.96. The molecule has 0 radical (unpaired) electrons. The van der Waals surface area contributed by atoms with Crippen molar-refractivity contribution in [2.75, 3.05) is 24.6 Å². The molecule has 26 heavy (non-hydrogen) atoms. The third kappa shape index (κ3) is 5.69. The summed E-state index contributed by atoms with van der Waals surface area (Å²) in [7, 11) is 0. The van der Waals surface area contributed by atoms with E-state index in [0.717, 1.165) is 50.5 Å². The second-order valence-electron chi connectivity index (χ2n) is 7.02. The van der Waals surface area contributed by atoms with Crippen LogP contribution < -0.4 is 14.4 Å². The summed E-state index contributed by atoms with van der Waals surface area (Å²) < 4.78 is 12.0. The molecule has 1 aliphatic rings. The summed E-state index contributed by atoms with van der Waals surface area (Å²) in [6.07, 6.45) is 7.35. The predicted molar refractivity (Wildman–Crippen MR) is 108 cm³/mol. The van der Waals surface area contributed by atoms with E-state index in [1.165, 1.54) is 24.9 Å². The van der Waals surface area contributed by atoms with Crippen molar-refractivity contribution in [3.63, 3.8) is 0 Å². The van der Waals surface area contributed by atoms with Gasteiger partial charge in [0.25, 0.3) is 0 Å². The molecule has 1 heterocycles. The lowest BCUT2D eigenvalue weighted by molar-refractivity contribution is 0.170. The second kappa shape index (κ2) is 10.1. The lowest BCUT2D eigenvalue weighted by Gasteiger charge is -2.33. The highest BCUT2D eigenvalue weighted by Gasteiger charge is 2.20. The van der Waals surface area contributed by atoms with Crippen LogP contribution >= 0.6 is 0 Å². The Morgan fingerprint density at radius 2 is 1.54 bits per heavy atom. The van der Waals surface area contributed by atoms with E-state index in [1.54, 1.807) is 0 Å². The van der Waals surface area contributed by atoms with Crippen molar-refractivity contribution in [2.24, 2.45) is 0 Å². The highest BCUT2D eigenvalue weighted by atomic mass is 16.5. The molecule has 140 valence electrons. The number of nitrogens with zero attached hydrogens (tertiary/aromatic N) is 1. The first-order valence-corrected chi connectivity index (χ1v) is 10.0. The number of anilines is 1. The van der Waals surface area contributed by atoms with Gasteiger partial charge in [-0.15, -0.1) is 0 Å². The molecule has 3 rings (SSSR count). The summed E-state index contributed by atoms with van der Waals surface area (Å²) in [5, 5.41) is 0. The van der Waals surface area contributed by atoms with Gasteiger partial charge in [-0.2, -0.15) is 0 Å². The Bertz CT molecular complexity index is 618. The molecule has 0 saturated carbocycles. The van der Waals surface area contributed by atoms with Gasteiger partial charge in [0.1, 0.15) is 17.6 Å². The van der Waals surface area contributed by atoms with Gasteiger partial charge in [0.2, 0.25) is 0 Å². The molecule has 2 aromatic carbocycles. The molecule has 1 fully saturated rings. The van der Waals surface area contributed by atoms with Crippen LogP contribution in [-0.4, -0.2) is 25.8 Å². The zero-order chi connectivity index (χ0) is 18.0. The molecule has 0 spiro atoms. The molecule has 0 amide bonds. The normalized spacial score (nSPS) is 15.0.